The van der Waals surface area contributed by atoms with Gasteiger partial charge in [-0.25, -0.2) is 18.7 Å². The quantitative estimate of drug-likeness (QED) is 0.485. The Kier molecular flexibility index (Phi) is 5.67. The van der Waals surface area contributed by atoms with Gasteiger partial charge in [-0.05, 0) is 56.1 Å². The van der Waals surface area contributed by atoms with E-state index in [1.807, 2.05) is 0 Å². The van der Waals surface area contributed by atoms with Gasteiger partial charge in [-0.2, -0.15) is 18.2 Å². The molecule has 8 nitrogen and oxygen atoms in total. The second kappa shape index (κ2) is 8.49. The van der Waals surface area contributed by atoms with Crippen molar-refractivity contribution >= 4 is 5.91 Å². The summed E-state index contributed by atoms with van der Waals surface area (Å²) in [4.78, 5) is 24.0. The van der Waals surface area contributed by atoms with Gasteiger partial charge < -0.3 is 14.9 Å². The van der Waals surface area contributed by atoms with E-state index in [1.165, 1.54) is 0 Å². The van der Waals surface area contributed by atoms with Crippen LogP contribution in [-0.2, 0) is 11.6 Å². The number of phenols is 1. The van der Waals surface area contributed by atoms with Gasteiger partial charge in [0.2, 0.25) is 11.7 Å². The summed E-state index contributed by atoms with van der Waals surface area (Å²) in [6.45, 7) is 0.322. The molecule has 1 amide bonds. The molecule has 0 spiro atoms. The molecule has 0 radical (unpaired) electrons. The number of alkyl halides is 3. The lowest BCUT2D eigenvalue weighted by Gasteiger charge is -2.51. The van der Waals surface area contributed by atoms with Gasteiger partial charge in [-0.3, -0.25) is 4.79 Å². The molecule has 2 N–H and O–H groups in total. The van der Waals surface area contributed by atoms with Gasteiger partial charge in [-0.1, -0.05) is 5.16 Å². The molecule has 0 aliphatic heterocycles. The van der Waals surface area contributed by atoms with Crippen LogP contribution in [0.5, 0.6) is 5.75 Å². The highest BCUT2D eigenvalue weighted by Crippen LogP contribution is 2.57. The van der Waals surface area contributed by atoms with E-state index < -0.39 is 35.2 Å². The Hall–Kier alpha value is -3.64. The topological polar surface area (TPSA) is 114 Å². The highest BCUT2D eigenvalue weighted by Gasteiger charge is 2.52. The van der Waals surface area contributed by atoms with Crippen molar-refractivity contribution in [1.82, 2.24) is 25.4 Å². The first-order valence-electron chi connectivity index (χ1n) is 11.2. The zero-order chi connectivity index (χ0) is 25.7. The number of amides is 1. The molecule has 13 heteroatoms. The van der Waals surface area contributed by atoms with Gasteiger partial charge in [0.25, 0.3) is 5.91 Å². The average Bonchev–Trinajstić information content (AvgIpc) is 3.38. The van der Waals surface area contributed by atoms with Crippen molar-refractivity contribution in [3.63, 3.8) is 0 Å². The Morgan fingerprint density at radius 2 is 1.67 bits per heavy atom. The van der Waals surface area contributed by atoms with Crippen LogP contribution < -0.4 is 5.32 Å². The van der Waals surface area contributed by atoms with Crippen molar-refractivity contribution < 1.29 is 36.4 Å². The number of fused-ring (bicyclic) bond motifs is 3. The minimum absolute atomic E-state index is 0.0589. The monoisotopic (exact) mass is 509 g/mol. The summed E-state index contributed by atoms with van der Waals surface area (Å²) >= 11 is 0. The fourth-order valence-corrected chi connectivity index (χ4v) is 5.05. The molecule has 2 bridgehead atoms. The first-order chi connectivity index (χ1) is 17.0. The highest BCUT2D eigenvalue weighted by molar-refractivity contribution is 5.94. The zero-order valence-corrected chi connectivity index (χ0v) is 18.7. The van der Waals surface area contributed by atoms with Crippen molar-refractivity contribution in [3.8, 4) is 17.3 Å². The van der Waals surface area contributed by atoms with Gasteiger partial charge in [0.15, 0.2) is 23.1 Å². The molecule has 36 heavy (non-hydrogen) atoms. The lowest BCUT2D eigenvalue weighted by Crippen LogP contribution is -2.49. The Balaban J connectivity index is 1.23. The normalized spacial score (nSPS) is 23.6. The molecule has 2 aromatic heterocycles. The molecular formula is C23H20F5N5O3. The van der Waals surface area contributed by atoms with Crippen molar-refractivity contribution in [2.24, 2.45) is 5.41 Å². The summed E-state index contributed by atoms with van der Waals surface area (Å²) in [5.41, 5.74) is -1.82. The maximum atomic E-state index is 13.6. The lowest BCUT2D eigenvalue weighted by molar-refractivity contribution is -0.141. The molecule has 0 saturated heterocycles. The summed E-state index contributed by atoms with van der Waals surface area (Å²) < 4.78 is 70.8. The number of rotatable bonds is 5. The van der Waals surface area contributed by atoms with Crippen LogP contribution in [0.2, 0.25) is 0 Å². The summed E-state index contributed by atoms with van der Waals surface area (Å²) in [6, 6.07) is 1.57. The lowest BCUT2D eigenvalue weighted by atomic mass is 9.53. The van der Waals surface area contributed by atoms with Crippen LogP contribution in [0.3, 0.4) is 0 Å². The number of carbonyl (C=O) groups excluding carboxylic acids is 1. The first-order valence-corrected chi connectivity index (χ1v) is 11.2. The number of aromatic hydroxyl groups is 1. The van der Waals surface area contributed by atoms with Crippen LogP contribution in [0.1, 0.15) is 60.5 Å². The second-order valence-electron chi connectivity index (χ2n) is 9.46. The molecule has 0 unspecified atom stereocenters. The van der Waals surface area contributed by atoms with Gasteiger partial charge in [0.05, 0.1) is 12.4 Å². The number of aromatic nitrogens is 4. The van der Waals surface area contributed by atoms with Crippen LogP contribution in [0, 0.1) is 17.0 Å². The molecule has 3 fully saturated rings. The molecule has 3 aliphatic carbocycles. The Morgan fingerprint density at radius 1 is 1.03 bits per heavy atom. The van der Waals surface area contributed by atoms with Gasteiger partial charge in [0, 0.05) is 17.5 Å². The predicted molar refractivity (Wildman–Crippen MR) is 112 cm³/mol. The maximum Gasteiger partial charge on any atom is 0.434 e. The van der Waals surface area contributed by atoms with E-state index >= 15 is 0 Å². The van der Waals surface area contributed by atoms with E-state index in [-0.39, 0.29) is 27.9 Å². The first kappa shape index (κ1) is 24.1. The number of benzene rings is 1. The van der Waals surface area contributed by atoms with Gasteiger partial charge in [0.1, 0.15) is 5.69 Å². The SMILES string of the molecule is O=C(NC[C@]12CC[C@](c3nc(-c4cnc(C(F)(F)F)cn4)no3)(CC1)CC2)c1cc(F)c(O)c(F)c1. The third-order valence-corrected chi connectivity index (χ3v) is 7.36. The highest BCUT2D eigenvalue weighted by atomic mass is 19.4. The largest absolute Gasteiger partial charge is 0.503 e. The van der Waals surface area contributed by atoms with Crippen molar-refractivity contribution in [2.75, 3.05) is 6.54 Å². The number of carbonyl (C=O) groups is 1. The van der Waals surface area contributed by atoms with Crippen LogP contribution in [0.15, 0.2) is 29.0 Å². The Labute approximate surface area is 201 Å². The van der Waals surface area contributed by atoms with E-state index in [2.05, 4.69) is 25.4 Å². The summed E-state index contributed by atoms with van der Waals surface area (Å²) in [7, 11) is 0. The van der Waals surface area contributed by atoms with Gasteiger partial charge >= 0.3 is 6.18 Å². The summed E-state index contributed by atoms with van der Waals surface area (Å²) in [6.07, 6.45) is 1.30. The minimum Gasteiger partial charge on any atom is -0.503 e. The molecule has 3 aliphatic rings. The Bertz CT molecular complexity index is 1260. The number of nitrogens with one attached hydrogen (secondary N) is 1. The van der Waals surface area contributed by atoms with Crippen LogP contribution >= 0.6 is 0 Å². The predicted octanol–water partition coefficient (Wildman–Crippen LogP) is 4.55. The summed E-state index contributed by atoms with van der Waals surface area (Å²) in [5.74, 6) is -3.73. The fraction of sp³-hybridized carbons (Fsp3) is 0.435. The average molecular weight is 509 g/mol. The zero-order valence-electron chi connectivity index (χ0n) is 18.7. The minimum atomic E-state index is -4.60. The van der Waals surface area contributed by atoms with E-state index in [0.717, 1.165) is 37.6 Å². The second-order valence-corrected chi connectivity index (χ2v) is 9.46. The molecule has 3 aromatic rings. The molecule has 3 saturated carbocycles. The smallest absolute Gasteiger partial charge is 0.434 e. The third-order valence-electron chi connectivity index (χ3n) is 7.36. The van der Waals surface area contributed by atoms with E-state index in [4.69, 9.17) is 4.52 Å². The maximum absolute atomic E-state index is 13.6. The third kappa shape index (κ3) is 4.26. The Morgan fingerprint density at radius 3 is 2.22 bits per heavy atom. The standard InChI is InChI=1S/C23H20F5N5O3/c24-13-7-12(8-14(25)17(13)34)19(35)31-11-21-1-4-22(5-2-21,6-3-21)20-32-18(33-36-20)15-9-30-16(10-29-15)23(26,27)28/h7-10,34H,1-6,11H2,(H,31,35)/t21-,22+. The summed E-state index contributed by atoms with van der Waals surface area (Å²) in [5, 5.41) is 15.8. The van der Waals surface area contributed by atoms with Crippen molar-refractivity contribution in [1.29, 1.82) is 0 Å². The van der Waals surface area contributed by atoms with E-state index in [0.29, 0.717) is 37.9 Å². The van der Waals surface area contributed by atoms with Crippen LogP contribution in [-0.4, -0.2) is 37.7 Å². The van der Waals surface area contributed by atoms with Gasteiger partial charge in [-0.15, -0.1) is 0 Å². The number of hydrogen-bond acceptors (Lipinski definition) is 7. The molecule has 1 aromatic carbocycles. The van der Waals surface area contributed by atoms with E-state index in [1.54, 1.807) is 0 Å². The molecular weight excluding hydrogens is 489 g/mol. The van der Waals surface area contributed by atoms with Crippen LogP contribution in [0.25, 0.3) is 11.5 Å². The van der Waals surface area contributed by atoms with Crippen LogP contribution in [0.4, 0.5) is 22.0 Å². The van der Waals surface area contributed by atoms with E-state index in [9.17, 15) is 31.9 Å². The molecule has 0 atom stereocenters. The molecule has 2 heterocycles. The number of nitrogens with zero attached hydrogens (tertiary/aromatic N) is 4. The fourth-order valence-electron chi connectivity index (χ4n) is 5.05. The van der Waals surface area contributed by atoms with Crippen molar-refractivity contribution in [3.05, 3.63) is 53.3 Å². The van der Waals surface area contributed by atoms with Crippen molar-refractivity contribution in [2.45, 2.75) is 50.1 Å². The number of hydrogen-bond donors (Lipinski definition) is 2. The number of halogens is 5. The molecule has 190 valence electrons. The molecule has 6 rings (SSSR count). The number of phenolic OH excluding ortho intramolecular Hbond substituents is 1.